The molecule has 0 aromatic carbocycles. The molecule has 0 aromatic heterocycles. The molecule has 17 heavy (non-hydrogen) atoms. The average molecular weight is 240 g/mol. The number of fused-ring (bicyclic) bond motifs is 1. The van der Waals surface area contributed by atoms with E-state index in [1.165, 1.54) is 25.8 Å². The first kappa shape index (κ1) is 12.7. The van der Waals surface area contributed by atoms with Crippen LogP contribution in [0.5, 0.6) is 0 Å². The third-order valence-corrected chi connectivity index (χ3v) is 3.48. The van der Waals surface area contributed by atoms with Crippen molar-refractivity contribution < 1.29 is 9.53 Å². The van der Waals surface area contributed by atoms with Crippen LogP contribution in [0.3, 0.4) is 0 Å². The van der Waals surface area contributed by atoms with Crippen LogP contribution in [-0.2, 0) is 4.74 Å². The topological polar surface area (TPSA) is 41.6 Å². The van der Waals surface area contributed by atoms with E-state index in [4.69, 9.17) is 4.74 Å². The number of nitrogens with zero attached hydrogens (tertiary/aromatic N) is 1. The minimum Gasteiger partial charge on any atom is -0.444 e. The standard InChI is InChI=1S/C13H24N2O2/c1-13(2,3)17-12(16)14-10-8-11-6-4-5-7-15(11)9-10/h10-11H,4-9H2,1-3H3,(H,14,16). The largest absolute Gasteiger partial charge is 0.444 e. The Morgan fingerprint density at radius 2 is 2.12 bits per heavy atom. The van der Waals surface area contributed by atoms with E-state index in [-0.39, 0.29) is 12.1 Å². The molecule has 0 aliphatic carbocycles. The van der Waals surface area contributed by atoms with Crippen molar-refractivity contribution in [1.82, 2.24) is 10.2 Å². The van der Waals surface area contributed by atoms with E-state index in [2.05, 4.69) is 10.2 Å². The molecular weight excluding hydrogens is 216 g/mol. The molecule has 2 aliphatic rings. The maximum absolute atomic E-state index is 11.7. The van der Waals surface area contributed by atoms with Crippen LogP contribution in [0.2, 0.25) is 0 Å². The number of hydrogen-bond acceptors (Lipinski definition) is 3. The molecule has 4 heteroatoms. The lowest BCUT2D eigenvalue weighted by molar-refractivity contribution is 0.0506. The first-order valence-corrected chi connectivity index (χ1v) is 6.67. The van der Waals surface area contributed by atoms with Gasteiger partial charge in [-0.25, -0.2) is 4.79 Å². The highest BCUT2D eigenvalue weighted by Gasteiger charge is 2.34. The van der Waals surface area contributed by atoms with Crippen LogP contribution in [-0.4, -0.2) is 41.8 Å². The number of carbonyl (C=O) groups excluding carboxylic acids is 1. The Morgan fingerprint density at radius 1 is 1.35 bits per heavy atom. The van der Waals surface area contributed by atoms with Crippen LogP contribution in [0, 0.1) is 0 Å². The minimum absolute atomic E-state index is 0.271. The second-order valence-electron chi connectivity index (χ2n) is 6.22. The number of piperidine rings is 1. The van der Waals surface area contributed by atoms with Gasteiger partial charge in [0.05, 0.1) is 0 Å². The quantitative estimate of drug-likeness (QED) is 0.763. The van der Waals surface area contributed by atoms with Crippen molar-refractivity contribution in [2.24, 2.45) is 0 Å². The van der Waals surface area contributed by atoms with Gasteiger partial charge in [0.15, 0.2) is 0 Å². The SMILES string of the molecule is CC(C)(C)OC(=O)NC1CC2CCCCN2C1. The number of amides is 1. The predicted molar refractivity (Wildman–Crippen MR) is 67.0 cm³/mol. The maximum atomic E-state index is 11.7. The van der Waals surface area contributed by atoms with Crippen molar-refractivity contribution in [3.8, 4) is 0 Å². The molecule has 2 unspecified atom stereocenters. The lowest BCUT2D eigenvalue weighted by atomic mass is 10.0. The van der Waals surface area contributed by atoms with Crippen LogP contribution in [0.1, 0.15) is 46.5 Å². The summed E-state index contributed by atoms with van der Waals surface area (Å²) < 4.78 is 5.28. The Balaban J connectivity index is 1.79. The first-order chi connectivity index (χ1) is 7.94. The molecule has 1 N–H and O–H groups in total. The number of carbonyl (C=O) groups is 1. The summed E-state index contributed by atoms with van der Waals surface area (Å²) in [5, 5.41) is 2.99. The smallest absolute Gasteiger partial charge is 0.407 e. The molecule has 0 saturated carbocycles. The molecule has 2 aliphatic heterocycles. The summed E-state index contributed by atoms with van der Waals surface area (Å²) in [6.07, 6.45) is 4.73. The summed E-state index contributed by atoms with van der Waals surface area (Å²) in [5.41, 5.74) is -0.407. The van der Waals surface area contributed by atoms with Gasteiger partial charge in [0, 0.05) is 18.6 Å². The molecule has 1 amide bonds. The van der Waals surface area contributed by atoms with E-state index in [0.717, 1.165) is 13.0 Å². The van der Waals surface area contributed by atoms with Gasteiger partial charge in [0.2, 0.25) is 0 Å². The van der Waals surface area contributed by atoms with E-state index in [9.17, 15) is 4.79 Å². The van der Waals surface area contributed by atoms with Crippen LogP contribution >= 0.6 is 0 Å². The Bertz CT molecular complexity index is 272. The monoisotopic (exact) mass is 240 g/mol. The fourth-order valence-electron chi connectivity index (χ4n) is 2.83. The fourth-order valence-corrected chi connectivity index (χ4v) is 2.83. The Kier molecular flexibility index (Phi) is 3.61. The molecule has 2 saturated heterocycles. The van der Waals surface area contributed by atoms with Crippen LogP contribution < -0.4 is 5.32 Å². The normalized spacial score (nSPS) is 29.8. The van der Waals surface area contributed by atoms with Gasteiger partial charge in [-0.2, -0.15) is 0 Å². The maximum Gasteiger partial charge on any atom is 0.407 e. The lowest BCUT2D eigenvalue weighted by Crippen LogP contribution is -2.40. The van der Waals surface area contributed by atoms with Gasteiger partial charge >= 0.3 is 6.09 Å². The van der Waals surface area contributed by atoms with E-state index < -0.39 is 5.60 Å². The van der Waals surface area contributed by atoms with Gasteiger partial charge in [-0.05, 0) is 46.6 Å². The number of ether oxygens (including phenoxy) is 1. The van der Waals surface area contributed by atoms with Gasteiger partial charge in [0.25, 0.3) is 0 Å². The summed E-state index contributed by atoms with van der Waals surface area (Å²) in [6.45, 7) is 7.86. The van der Waals surface area contributed by atoms with Crippen molar-refractivity contribution in [3.63, 3.8) is 0 Å². The van der Waals surface area contributed by atoms with E-state index in [1.807, 2.05) is 20.8 Å². The van der Waals surface area contributed by atoms with Crippen LogP contribution in [0.25, 0.3) is 0 Å². The summed E-state index contributed by atoms with van der Waals surface area (Å²) >= 11 is 0. The van der Waals surface area contributed by atoms with Crippen LogP contribution in [0.4, 0.5) is 4.79 Å². The highest BCUT2D eigenvalue weighted by Crippen LogP contribution is 2.26. The molecule has 0 spiro atoms. The molecule has 2 atom stereocenters. The fraction of sp³-hybridized carbons (Fsp3) is 0.923. The molecule has 2 fully saturated rings. The van der Waals surface area contributed by atoms with Crippen molar-refractivity contribution in [3.05, 3.63) is 0 Å². The second-order valence-corrected chi connectivity index (χ2v) is 6.22. The van der Waals surface area contributed by atoms with Gasteiger partial charge in [-0.3, -0.25) is 4.90 Å². The number of rotatable bonds is 1. The molecule has 0 aromatic rings. The lowest BCUT2D eigenvalue weighted by Gasteiger charge is -2.28. The van der Waals surface area contributed by atoms with Crippen molar-refractivity contribution >= 4 is 6.09 Å². The first-order valence-electron chi connectivity index (χ1n) is 6.67. The highest BCUT2D eigenvalue weighted by atomic mass is 16.6. The molecule has 98 valence electrons. The molecule has 0 bridgehead atoms. The summed E-state index contributed by atoms with van der Waals surface area (Å²) in [6, 6.07) is 0.955. The zero-order valence-electron chi connectivity index (χ0n) is 11.2. The van der Waals surface area contributed by atoms with Crippen molar-refractivity contribution in [2.75, 3.05) is 13.1 Å². The Morgan fingerprint density at radius 3 is 2.76 bits per heavy atom. The summed E-state index contributed by atoms with van der Waals surface area (Å²) in [5.74, 6) is 0. The van der Waals surface area contributed by atoms with E-state index in [1.54, 1.807) is 0 Å². The molecule has 2 heterocycles. The average Bonchev–Trinajstić information content (AvgIpc) is 2.55. The summed E-state index contributed by atoms with van der Waals surface area (Å²) in [7, 11) is 0. The predicted octanol–water partition coefficient (Wildman–Crippen LogP) is 2.14. The van der Waals surface area contributed by atoms with Crippen molar-refractivity contribution in [1.29, 1.82) is 0 Å². The van der Waals surface area contributed by atoms with E-state index in [0.29, 0.717) is 6.04 Å². The third kappa shape index (κ3) is 3.60. The molecule has 4 nitrogen and oxygen atoms in total. The second kappa shape index (κ2) is 4.84. The molecule has 0 radical (unpaired) electrons. The Labute approximate surface area is 104 Å². The zero-order chi connectivity index (χ0) is 12.5. The van der Waals surface area contributed by atoms with Gasteiger partial charge in [-0.15, -0.1) is 0 Å². The van der Waals surface area contributed by atoms with E-state index >= 15 is 0 Å². The summed E-state index contributed by atoms with van der Waals surface area (Å²) in [4.78, 5) is 14.2. The number of hydrogen-bond donors (Lipinski definition) is 1. The minimum atomic E-state index is -0.407. The van der Waals surface area contributed by atoms with Gasteiger partial charge in [0.1, 0.15) is 5.60 Å². The van der Waals surface area contributed by atoms with Crippen LogP contribution in [0.15, 0.2) is 0 Å². The molecule has 2 rings (SSSR count). The van der Waals surface area contributed by atoms with Gasteiger partial charge < -0.3 is 10.1 Å². The van der Waals surface area contributed by atoms with Gasteiger partial charge in [-0.1, -0.05) is 6.42 Å². The number of alkyl carbamates (subject to hydrolysis) is 1. The Hall–Kier alpha value is -0.770. The molecular formula is C13H24N2O2. The number of nitrogens with one attached hydrogen (secondary N) is 1. The highest BCUT2D eigenvalue weighted by molar-refractivity contribution is 5.68. The zero-order valence-corrected chi connectivity index (χ0v) is 11.2. The van der Waals surface area contributed by atoms with Crippen molar-refractivity contribution in [2.45, 2.75) is 64.1 Å². The third-order valence-electron chi connectivity index (χ3n) is 3.48.